The normalized spacial score (nSPS) is 27.3. The number of amides is 2. The van der Waals surface area contributed by atoms with Gasteiger partial charge in [0.15, 0.2) is 0 Å². The summed E-state index contributed by atoms with van der Waals surface area (Å²) < 4.78 is 12.5. The second-order valence-electron chi connectivity index (χ2n) is 2.44. The molecule has 1 heterocycles. The number of nitrogens with one attached hydrogen (secondary N) is 2. The molecule has 11 heavy (non-hydrogen) atoms. The van der Waals surface area contributed by atoms with Gasteiger partial charge < -0.3 is 10.6 Å². The summed E-state index contributed by atoms with van der Waals surface area (Å²) in [7, 11) is 0. The summed E-state index contributed by atoms with van der Waals surface area (Å²) in [6.07, 6.45) is -1.35. The van der Waals surface area contributed by atoms with E-state index in [0.717, 1.165) is 0 Å². The number of piperazine rings is 1. The molecule has 1 fully saturated rings. The molecule has 2 N–H and O–H groups in total. The van der Waals surface area contributed by atoms with Gasteiger partial charge in [0.1, 0.15) is 12.2 Å². The molecule has 0 aromatic heterocycles. The molecule has 1 aliphatic rings. The Kier molecular flexibility index (Phi) is 2.07. The quantitative estimate of drug-likeness (QED) is 0.514. The van der Waals surface area contributed by atoms with Crippen LogP contribution >= 0.6 is 0 Å². The van der Waals surface area contributed by atoms with E-state index in [-0.39, 0.29) is 12.5 Å². The van der Waals surface area contributed by atoms with E-state index in [9.17, 15) is 14.0 Å². The van der Waals surface area contributed by atoms with E-state index in [1.54, 1.807) is 0 Å². The molecule has 0 aromatic rings. The fourth-order valence-corrected chi connectivity index (χ4v) is 0.891. The number of carbonyl (C=O) groups excluding carboxylic acids is 2. The van der Waals surface area contributed by atoms with Crippen molar-refractivity contribution in [2.75, 3.05) is 6.54 Å². The van der Waals surface area contributed by atoms with Crippen molar-refractivity contribution in [3.8, 4) is 0 Å². The van der Waals surface area contributed by atoms with Crippen molar-refractivity contribution >= 4 is 11.8 Å². The molecular weight excluding hydrogens is 151 g/mol. The molecule has 2 atom stereocenters. The van der Waals surface area contributed by atoms with E-state index in [4.69, 9.17) is 0 Å². The molecule has 1 rings (SSSR count). The van der Waals surface area contributed by atoms with Crippen molar-refractivity contribution in [2.24, 2.45) is 0 Å². The molecule has 5 heteroatoms. The van der Waals surface area contributed by atoms with Gasteiger partial charge in [-0.3, -0.25) is 9.59 Å². The Balaban J connectivity index is 2.61. The Labute approximate surface area is 63.1 Å². The molecule has 1 aliphatic heterocycles. The van der Waals surface area contributed by atoms with Gasteiger partial charge in [-0.25, -0.2) is 4.39 Å². The second-order valence-corrected chi connectivity index (χ2v) is 2.44. The van der Waals surface area contributed by atoms with Crippen molar-refractivity contribution in [1.29, 1.82) is 0 Å². The summed E-state index contributed by atoms with van der Waals surface area (Å²) in [6.45, 7) is 1.18. The highest BCUT2D eigenvalue weighted by atomic mass is 19.1. The van der Waals surface area contributed by atoms with Crippen LogP contribution in [0.4, 0.5) is 4.39 Å². The third-order valence-corrected chi connectivity index (χ3v) is 1.48. The van der Waals surface area contributed by atoms with E-state index in [1.807, 2.05) is 0 Å². The second kappa shape index (κ2) is 2.86. The fourth-order valence-electron chi connectivity index (χ4n) is 0.891. The largest absolute Gasteiger partial charge is 0.345 e. The summed E-state index contributed by atoms with van der Waals surface area (Å²) in [5.74, 6) is -0.807. The van der Waals surface area contributed by atoms with Gasteiger partial charge in [-0.2, -0.15) is 0 Å². The first kappa shape index (κ1) is 7.97. The first-order valence-corrected chi connectivity index (χ1v) is 3.32. The van der Waals surface area contributed by atoms with Crippen molar-refractivity contribution in [3.63, 3.8) is 0 Å². The van der Waals surface area contributed by atoms with Gasteiger partial charge in [0.25, 0.3) is 0 Å². The maximum absolute atomic E-state index is 12.5. The lowest BCUT2D eigenvalue weighted by Gasteiger charge is -2.23. The zero-order chi connectivity index (χ0) is 8.43. The minimum Gasteiger partial charge on any atom is -0.345 e. The molecule has 0 unspecified atom stereocenters. The lowest BCUT2D eigenvalue weighted by atomic mass is 10.1. The van der Waals surface area contributed by atoms with E-state index in [1.165, 1.54) is 6.92 Å². The van der Waals surface area contributed by atoms with Crippen LogP contribution in [0.25, 0.3) is 0 Å². The summed E-state index contributed by atoms with van der Waals surface area (Å²) >= 11 is 0. The maximum Gasteiger partial charge on any atom is 0.246 e. The monoisotopic (exact) mass is 160 g/mol. The Morgan fingerprint density at radius 2 is 2.27 bits per heavy atom. The van der Waals surface area contributed by atoms with Crippen LogP contribution in [0.5, 0.6) is 0 Å². The third-order valence-electron chi connectivity index (χ3n) is 1.48. The highest BCUT2D eigenvalue weighted by Gasteiger charge is 2.30. The van der Waals surface area contributed by atoms with Gasteiger partial charge >= 0.3 is 0 Å². The zero-order valence-electron chi connectivity index (χ0n) is 6.06. The van der Waals surface area contributed by atoms with Crippen LogP contribution in [0.2, 0.25) is 0 Å². The minimum absolute atomic E-state index is 0.0535. The Morgan fingerprint density at radius 1 is 1.64 bits per heavy atom. The van der Waals surface area contributed by atoms with Gasteiger partial charge in [0.2, 0.25) is 11.8 Å². The van der Waals surface area contributed by atoms with Crippen LogP contribution in [-0.2, 0) is 9.59 Å². The van der Waals surface area contributed by atoms with E-state index in [0.29, 0.717) is 0 Å². The summed E-state index contributed by atoms with van der Waals surface area (Å²) in [4.78, 5) is 21.4. The van der Waals surface area contributed by atoms with Crippen LogP contribution in [0.1, 0.15) is 6.92 Å². The standard InChI is InChI=1S/C6H9FN2O2/c1-3(7)5-6(11)8-2-4(10)9-5/h3,5H,2H2,1H3,(H,8,11)(H,9,10)/t3-,5+/m1/s1. The summed E-state index contributed by atoms with van der Waals surface area (Å²) in [5, 5.41) is 4.51. The van der Waals surface area contributed by atoms with Crippen LogP contribution < -0.4 is 10.6 Å². The van der Waals surface area contributed by atoms with Crippen molar-refractivity contribution in [2.45, 2.75) is 19.1 Å². The SMILES string of the molecule is C[C@@H](F)[C@@H]1NC(=O)CNC1=O. The molecule has 0 aliphatic carbocycles. The smallest absolute Gasteiger partial charge is 0.246 e. The van der Waals surface area contributed by atoms with Gasteiger partial charge in [-0.15, -0.1) is 0 Å². The molecule has 4 nitrogen and oxygen atoms in total. The first-order valence-electron chi connectivity index (χ1n) is 3.32. The van der Waals surface area contributed by atoms with Crippen LogP contribution in [0.15, 0.2) is 0 Å². The van der Waals surface area contributed by atoms with E-state index >= 15 is 0 Å². The lowest BCUT2D eigenvalue weighted by molar-refractivity contribution is -0.135. The average molecular weight is 160 g/mol. The van der Waals surface area contributed by atoms with Crippen molar-refractivity contribution < 1.29 is 14.0 Å². The molecule has 62 valence electrons. The maximum atomic E-state index is 12.5. The first-order chi connectivity index (χ1) is 5.11. The average Bonchev–Trinajstić information content (AvgIpc) is 1.94. The van der Waals surface area contributed by atoms with Crippen molar-refractivity contribution in [3.05, 3.63) is 0 Å². The third kappa shape index (κ3) is 1.66. The Morgan fingerprint density at radius 3 is 2.73 bits per heavy atom. The molecule has 2 amide bonds. The van der Waals surface area contributed by atoms with Crippen LogP contribution in [0, 0.1) is 0 Å². The van der Waals surface area contributed by atoms with Gasteiger partial charge in [-0.1, -0.05) is 0 Å². The highest BCUT2D eigenvalue weighted by Crippen LogP contribution is 2.00. The fraction of sp³-hybridized carbons (Fsp3) is 0.667. The van der Waals surface area contributed by atoms with Crippen LogP contribution in [-0.4, -0.2) is 30.6 Å². The molecule has 0 radical (unpaired) electrons. The minimum atomic E-state index is -1.35. The van der Waals surface area contributed by atoms with E-state index < -0.39 is 18.1 Å². The lowest BCUT2D eigenvalue weighted by Crippen LogP contribution is -2.59. The van der Waals surface area contributed by atoms with Crippen molar-refractivity contribution in [1.82, 2.24) is 10.6 Å². The zero-order valence-corrected chi connectivity index (χ0v) is 6.06. The van der Waals surface area contributed by atoms with E-state index in [2.05, 4.69) is 10.6 Å². The van der Waals surface area contributed by atoms with Crippen LogP contribution in [0.3, 0.4) is 0 Å². The number of alkyl halides is 1. The molecule has 0 bridgehead atoms. The molecule has 1 saturated heterocycles. The number of halogens is 1. The predicted molar refractivity (Wildman–Crippen MR) is 35.5 cm³/mol. The molecule has 0 saturated carbocycles. The Hall–Kier alpha value is -1.13. The van der Waals surface area contributed by atoms with Gasteiger partial charge in [-0.05, 0) is 6.92 Å². The number of hydrogen-bond donors (Lipinski definition) is 2. The molecule has 0 aromatic carbocycles. The number of rotatable bonds is 1. The number of carbonyl (C=O) groups is 2. The van der Waals surface area contributed by atoms with Gasteiger partial charge in [0.05, 0.1) is 6.54 Å². The number of hydrogen-bond acceptors (Lipinski definition) is 2. The summed E-state index contributed by atoms with van der Waals surface area (Å²) in [5.41, 5.74) is 0. The predicted octanol–water partition coefficient (Wildman–Crippen LogP) is -1.04. The highest BCUT2D eigenvalue weighted by molar-refractivity contribution is 5.95. The topological polar surface area (TPSA) is 58.2 Å². The molecule has 0 spiro atoms. The molecular formula is C6H9FN2O2. The Bertz CT molecular complexity index is 193. The van der Waals surface area contributed by atoms with Gasteiger partial charge in [0, 0.05) is 0 Å². The summed E-state index contributed by atoms with van der Waals surface area (Å²) in [6, 6.07) is -1.02.